The van der Waals surface area contributed by atoms with Gasteiger partial charge in [-0.3, -0.25) is 4.68 Å². The minimum Gasteiger partial charge on any atom is -0.379 e. The van der Waals surface area contributed by atoms with E-state index in [0.29, 0.717) is 0 Å². The first kappa shape index (κ1) is 12.8. The Morgan fingerprint density at radius 1 is 1.24 bits per heavy atom. The monoisotopic (exact) mass is 358 g/mol. The molecule has 0 spiro atoms. The molecule has 90 valence electrons. The molecule has 1 heterocycles. The summed E-state index contributed by atoms with van der Waals surface area (Å²) in [4.78, 5) is 0. The second-order valence-corrected chi connectivity index (χ2v) is 5.81. The predicted octanol–water partition coefficient (Wildman–Crippen LogP) is 3.20. The van der Waals surface area contributed by atoms with Gasteiger partial charge in [0.2, 0.25) is 0 Å². The van der Waals surface area contributed by atoms with Crippen LogP contribution in [-0.4, -0.2) is 14.9 Å². The molecule has 0 aliphatic rings. The number of rotatable bonds is 2. The first-order valence-electron chi connectivity index (χ1n) is 5.09. The Kier molecular flexibility index (Phi) is 3.43. The normalized spacial score (nSPS) is 14.6. The summed E-state index contributed by atoms with van der Waals surface area (Å²) in [5, 5.41) is 14.8. The Balaban J connectivity index is 2.53. The van der Waals surface area contributed by atoms with E-state index in [-0.39, 0.29) is 0 Å². The van der Waals surface area contributed by atoms with Gasteiger partial charge in [-0.1, -0.05) is 28.1 Å². The van der Waals surface area contributed by atoms with Crippen LogP contribution >= 0.6 is 31.9 Å². The maximum atomic E-state index is 10.7. The molecule has 1 aromatic heterocycles. The van der Waals surface area contributed by atoms with Crippen LogP contribution in [0.5, 0.6) is 0 Å². The van der Waals surface area contributed by atoms with Gasteiger partial charge in [0.25, 0.3) is 0 Å². The van der Waals surface area contributed by atoms with Crippen LogP contribution in [0.2, 0.25) is 0 Å². The topological polar surface area (TPSA) is 38.0 Å². The number of benzene rings is 1. The molecule has 0 radical (unpaired) electrons. The highest BCUT2D eigenvalue weighted by molar-refractivity contribution is 9.10. The van der Waals surface area contributed by atoms with Crippen LogP contribution in [0.1, 0.15) is 18.2 Å². The van der Waals surface area contributed by atoms with Crippen molar-refractivity contribution < 1.29 is 5.11 Å². The van der Waals surface area contributed by atoms with E-state index in [1.165, 1.54) is 0 Å². The van der Waals surface area contributed by atoms with Crippen LogP contribution in [0.25, 0.3) is 0 Å². The molecule has 5 heteroatoms. The molecule has 1 aromatic carbocycles. The largest absolute Gasteiger partial charge is 0.379 e. The Labute approximate surface area is 117 Å². The van der Waals surface area contributed by atoms with Crippen molar-refractivity contribution in [2.24, 2.45) is 7.05 Å². The molecule has 0 saturated carbocycles. The van der Waals surface area contributed by atoms with Gasteiger partial charge in [-0.05, 0) is 40.5 Å². The lowest BCUT2D eigenvalue weighted by Gasteiger charge is -2.24. The summed E-state index contributed by atoms with van der Waals surface area (Å²) in [5.41, 5.74) is 0.481. The molecule has 17 heavy (non-hydrogen) atoms. The summed E-state index contributed by atoms with van der Waals surface area (Å²) in [6, 6.07) is 7.61. The zero-order valence-electron chi connectivity index (χ0n) is 9.48. The third-order valence-electron chi connectivity index (χ3n) is 2.76. The SMILES string of the molecule is Cn1ncc(Br)c1C(C)(O)c1ccc(Br)cc1. The summed E-state index contributed by atoms with van der Waals surface area (Å²) < 4.78 is 3.46. The lowest BCUT2D eigenvalue weighted by molar-refractivity contribution is 0.0921. The second kappa shape index (κ2) is 4.55. The molecule has 1 atom stereocenters. The minimum atomic E-state index is -1.08. The Bertz CT molecular complexity index is 512. The van der Waals surface area contributed by atoms with E-state index in [9.17, 15) is 5.11 Å². The molecular weight excluding hydrogens is 348 g/mol. The van der Waals surface area contributed by atoms with Gasteiger partial charge in [-0.2, -0.15) is 5.10 Å². The van der Waals surface area contributed by atoms with Gasteiger partial charge >= 0.3 is 0 Å². The molecule has 1 unspecified atom stereocenters. The van der Waals surface area contributed by atoms with Gasteiger partial charge in [0.05, 0.1) is 16.4 Å². The van der Waals surface area contributed by atoms with E-state index in [1.807, 2.05) is 31.3 Å². The molecule has 0 aliphatic carbocycles. The van der Waals surface area contributed by atoms with Crippen molar-refractivity contribution in [3.8, 4) is 0 Å². The lowest BCUT2D eigenvalue weighted by Crippen LogP contribution is -2.26. The Morgan fingerprint density at radius 2 is 1.82 bits per heavy atom. The number of hydrogen-bond donors (Lipinski definition) is 1. The van der Waals surface area contributed by atoms with Crippen molar-refractivity contribution >= 4 is 31.9 Å². The first-order valence-corrected chi connectivity index (χ1v) is 6.68. The number of nitrogens with zero attached hydrogens (tertiary/aromatic N) is 2. The van der Waals surface area contributed by atoms with Crippen molar-refractivity contribution in [2.45, 2.75) is 12.5 Å². The van der Waals surface area contributed by atoms with Crippen LogP contribution < -0.4 is 0 Å². The Hall–Kier alpha value is -0.650. The highest BCUT2D eigenvalue weighted by Crippen LogP contribution is 2.33. The minimum absolute atomic E-state index is 0.736. The standard InChI is InChI=1S/C12H12Br2N2O/c1-12(17,8-3-5-9(13)6-4-8)11-10(14)7-15-16(11)2/h3-7,17H,1-2H3. The zero-order chi connectivity index (χ0) is 12.6. The molecule has 0 bridgehead atoms. The number of aromatic nitrogens is 2. The maximum Gasteiger partial charge on any atom is 0.129 e. The third kappa shape index (κ3) is 2.32. The van der Waals surface area contributed by atoms with E-state index in [2.05, 4.69) is 37.0 Å². The van der Waals surface area contributed by atoms with Gasteiger partial charge in [0.1, 0.15) is 5.60 Å². The van der Waals surface area contributed by atoms with Gasteiger partial charge < -0.3 is 5.11 Å². The van der Waals surface area contributed by atoms with E-state index in [1.54, 1.807) is 17.8 Å². The van der Waals surface area contributed by atoms with Crippen LogP contribution in [0.4, 0.5) is 0 Å². The number of aryl methyl sites for hydroxylation is 1. The van der Waals surface area contributed by atoms with E-state index < -0.39 is 5.60 Å². The van der Waals surface area contributed by atoms with E-state index in [4.69, 9.17) is 0 Å². The highest BCUT2D eigenvalue weighted by atomic mass is 79.9. The van der Waals surface area contributed by atoms with Crippen LogP contribution in [0.3, 0.4) is 0 Å². The summed E-state index contributed by atoms with van der Waals surface area (Å²) in [7, 11) is 1.81. The number of halogens is 2. The maximum absolute atomic E-state index is 10.7. The lowest BCUT2D eigenvalue weighted by atomic mass is 9.92. The zero-order valence-corrected chi connectivity index (χ0v) is 12.7. The molecule has 0 fully saturated rings. The molecule has 0 aliphatic heterocycles. The average Bonchev–Trinajstić information content (AvgIpc) is 2.59. The molecular formula is C12H12Br2N2O. The summed E-state index contributed by atoms with van der Waals surface area (Å²) in [5.74, 6) is 0. The number of hydrogen-bond acceptors (Lipinski definition) is 2. The van der Waals surface area contributed by atoms with Crippen molar-refractivity contribution in [2.75, 3.05) is 0 Å². The summed E-state index contributed by atoms with van der Waals surface area (Å²) in [6.07, 6.45) is 1.68. The third-order valence-corrected chi connectivity index (χ3v) is 3.87. The van der Waals surface area contributed by atoms with Gasteiger partial charge in [-0.15, -0.1) is 0 Å². The van der Waals surface area contributed by atoms with Gasteiger partial charge in [0.15, 0.2) is 0 Å². The van der Waals surface area contributed by atoms with Crippen LogP contribution in [0.15, 0.2) is 39.4 Å². The first-order chi connectivity index (χ1) is 7.93. The molecule has 0 amide bonds. The smallest absolute Gasteiger partial charge is 0.129 e. The Morgan fingerprint density at radius 3 is 2.29 bits per heavy atom. The van der Waals surface area contributed by atoms with Gasteiger partial charge in [-0.25, -0.2) is 0 Å². The average molecular weight is 360 g/mol. The summed E-state index contributed by atoms with van der Waals surface area (Å²) >= 11 is 6.79. The van der Waals surface area contributed by atoms with Crippen molar-refractivity contribution in [1.29, 1.82) is 0 Å². The molecule has 2 rings (SSSR count). The fraction of sp³-hybridized carbons (Fsp3) is 0.250. The highest BCUT2D eigenvalue weighted by Gasteiger charge is 2.31. The number of aliphatic hydroxyl groups is 1. The van der Waals surface area contributed by atoms with Gasteiger partial charge in [0, 0.05) is 11.5 Å². The van der Waals surface area contributed by atoms with Crippen molar-refractivity contribution in [1.82, 2.24) is 9.78 Å². The quantitative estimate of drug-likeness (QED) is 0.894. The molecule has 1 N–H and O–H groups in total. The molecule has 0 saturated heterocycles. The fourth-order valence-corrected chi connectivity index (χ4v) is 2.87. The van der Waals surface area contributed by atoms with E-state index >= 15 is 0 Å². The second-order valence-electron chi connectivity index (χ2n) is 4.04. The fourth-order valence-electron chi connectivity index (χ4n) is 1.87. The van der Waals surface area contributed by atoms with Crippen LogP contribution in [-0.2, 0) is 12.6 Å². The van der Waals surface area contributed by atoms with E-state index in [0.717, 1.165) is 20.2 Å². The van der Waals surface area contributed by atoms with Crippen LogP contribution in [0, 0.1) is 0 Å². The summed E-state index contributed by atoms with van der Waals surface area (Å²) in [6.45, 7) is 1.76. The van der Waals surface area contributed by atoms with Crippen molar-refractivity contribution in [3.05, 3.63) is 50.7 Å². The molecule has 2 aromatic rings. The van der Waals surface area contributed by atoms with Crippen molar-refractivity contribution in [3.63, 3.8) is 0 Å². The molecule has 3 nitrogen and oxygen atoms in total. The predicted molar refractivity (Wildman–Crippen MR) is 73.7 cm³/mol.